The third-order valence-corrected chi connectivity index (χ3v) is 4.33. The zero-order valence-electron chi connectivity index (χ0n) is 9.86. The van der Waals surface area contributed by atoms with Crippen LogP contribution in [-0.2, 0) is 6.54 Å². The van der Waals surface area contributed by atoms with Crippen LogP contribution in [0.3, 0.4) is 0 Å². The maximum atomic E-state index is 6.21. The van der Waals surface area contributed by atoms with Gasteiger partial charge in [0.25, 0.3) is 0 Å². The highest BCUT2D eigenvalue weighted by Gasteiger charge is 2.23. The van der Waals surface area contributed by atoms with E-state index >= 15 is 0 Å². The molecule has 0 amide bonds. The molecular weight excluding hydrogens is 291 g/mol. The van der Waals surface area contributed by atoms with Crippen LogP contribution in [0.4, 0.5) is 0 Å². The number of hydrogen-bond donors (Lipinski definition) is 2. The molecule has 2 rings (SSSR count). The summed E-state index contributed by atoms with van der Waals surface area (Å²) in [5, 5.41) is 7.47. The van der Waals surface area contributed by atoms with Crippen molar-refractivity contribution >= 4 is 34.5 Å². The first-order valence-electron chi connectivity index (χ1n) is 5.59. The molecule has 98 valence electrons. The predicted molar refractivity (Wildman–Crippen MR) is 76.0 cm³/mol. The van der Waals surface area contributed by atoms with E-state index in [4.69, 9.17) is 29.0 Å². The Hall–Kier alpha value is -0.590. The molecule has 3 N–H and O–H groups in total. The van der Waals surface area contributed by atoms with E-state index in [2.05, 4.69) is 17.4 Å². The van der Waals surface area contributed by atoms with Gasteiger partial charge in [-0.15, -0.1) is 11.3 Å². The van der Waals surface area contributed by atoms with E-state index < -0.39 is 0 Å². The molecule has 1 atom stereocenters. The number of aromatic nitrogens is 2. The van der Waals surface area contributed by atoms with Crippen molar-refractivity contribution in [3.05, 3.63) is 38.3 Å². The molecule has 0 radical (unpaired) electrons. The van der Waals surface area contributed by atoms with Gasteiger partial charge in [0.15, 0.2) is 0 Å². The fraction of sp³-hybridized carbons (Fsp3) is 0.364. The first-order valence-corrected chi connectivity index (χ1v) is 7.22. The summed E-state index contributed by atoms with van der Waals surface area (Å²) in [7, 11) is 0. The number of rotatable bonds is 5. The minimum atomic E-state index is -0.237. The molecule has 1 unspecified atom stereocenters. The minimum Gasteiger partial charge on any atom is -0.270 e. The molecule has 18 heavy (non-hydrogen) atoms. The molecule has 2 aromatic rings. The standard InChI is InChI=1S/C11H14Cl2N4S/c1-2-4-17-10(8(13)6-15-17)9(16-14)11-7(12)3-5-18-11/h3,5-6,9,16H,2,4,14H2,1H3. The summed E-state index contributed by atoms with van der Waals surface area (Å²) in [5.74, 6) is 5.66. The lowest BCUT2D eigenvalue weighted by molar-refractivity contribution is 0.525. The maximum absolute atomic E-state index is 6.21. The monoisotopic (exact) mass is 304 g/mol. The molecule has 0 aliphatic rings. The second-order valence-corrected chi connectivity index (χ2v) is 5.60. The molecule has 0 aliphatic carbocycles. The highest BCUT2D eigenvalue weighted by atomic mass is 35.5. The summed E-state index contributed by atoms with van der Waals surface area (Å²) in [4.78, 5) is 0.943. The summed E-state index contributed by atoms with van der Waals surface area (Å²) in [6, 6.07) is 1.61. The number of hydrogen-bond acceptors (Lipinski definition) is 4. The normalized spacial score (nSPS) is 12.9. The van der Waals surface area contributed by atoms with Crippen molar-refractivity contribution in [2.24, 2.45) is 5.84 Å². The first-order chi connectivity index (χ1) is 8.69. The van der Waals surface area contributed by atoms with Crippen LogP contribution in [0, 0.1) is 0 Å². The van der Waals surface area contributed by atoms with Gasteiger partial charge in [0.2, 0.25) is 0 Å². The Kier molecular flexibility index (Phi) is 4.64. The molecule has 0 fully saturated rings. The van der Waals surface area contributed by atoms with E-state index in [1.165, 1.54) is 0 Å². The van der Waals surface area contributed by atoms with Gasteiger partial charge in [-0.3, -0.25) is 10.5 Å². The van der Waals surface area contributed by atoms with Gasteiger partial charge in [0, 0.05) is 11.4 Å². The molecule has 0 saturated heterocycles. The summed E-state index contributed by atoms with van der Waals surface area (Å²) in [6.07, 6.45) is 2.61. The largest absolute Gasteiger partial charge is 0.270 e. The molecule has 0 saturated carbocycles. The number of nitrogens with one attached hydrogen (secondary N) is 1. The number of thiophene rings is 1. The van der Waals surface area contributed by atoms with Crippen molar-refractivity contribution in [2.75, 3.05) is 0 Å². The van der Waals surface area contributed by atoms with Crippen molar-refractivity contribution in [1.29, 1.82) is 0 Å². The third-order valence-electron chi connectivity index (χ3n) is 2.62. The van der Waals surface area contributed by atoms with Gasteiger partial charge in [-0.05, 0) is 17.9 Å². The summed E-state index contributed by atoms with van der Waals surface area (Å²) < 4.78 is 1.86. The average Bonchev–Trinajstić information content (AvgIpc) is 2.91. The van der Waals surface area contributed by atoms with Crippen LogP contribution >= 0.6 is 34.5 Å². The molecule has 0 spiro atoms. The lowest BCUT2D eigenvalue weighted by Crippen LogP contribution is -2.30. The average molecular weight is 305 g/mol. The Labute approximate surface area is 120 Å². The van der Waals surface area contributed by atoms with Crippen LogP contribution in [0.25, 0.3) is 0 Å². The minimum absolute atomic E-state index is 0.237. The molecule has 0 aliphatic heterocycles. The lowest BCUT2D eigenvalue weighted by Gasteiger charge is -2.17. The third kappa shape index (κ3) is 2.55. The second-order valence-electron chi connectivity index (χ2n) is 3.83. The summed E-state index contributed by atoms with van der Waals surface area (Å²) >= 11 is 13.9. The van der Waals surface area contributed by atoms with Gasteiger partial charge in [-0.1, -0.05) is 30.1 Å². The van der Waals surface area contributed by atoms with E-state index in [9.17, 15) is 0 Å². The Bertz CT molecular complexity index is 523. The smallest absolute Gasteiger partial charge is 0.1000 e. The van der Waals surface area contributed by atoms with Crippen LogP contribution < -0.4 is 11.3 Å². The van der Waals surface area contributed by atoms with Crippen molar-refractivity contribution in [3.63, 3.8) is 0 Å². The van der Waals surface area contributed by atoms with Gasteiger partial charge in [-0.2, -0.15) is 5.10 Å². The molecule has 0 bridgehead atoms. The predicted octanol–water partition coefficient (Wildman–Crippen LogP) is 3.21. The van der Waals surface area contributed by atoms with Crippen molar-refractivity contribution in [3.8, 4) is 0 Å². The van der Waals surface area contributed by atoms with Crippen molar-refractivity contribution < 1.29 is 0 Å². The first kappa shape index (κ1) is 13.8. The molecule has 7 heteroatoms. The van der Waals surface area contributed by atoms with E-state index in [-0.39, 0.29) is 6.04 Å². The van der Waals surface area contributed by atoms with Gasteiger partial charge in [0.05, 0.1) is 28.0 Å². The Morgan fingerprint density at radius 1 is 1.50 bits per heavy atom. The number of nitrogens with two attached hydrogens (primary N) is 1. The van der Waals surface area contributed by atoms with Gasteiger partial charge >= 0.3 is 0 Å². The van der Waals surface area contributed by atoms with Crippen LogP contribution in [0.15, 0.2) is 17.6 Å². The van der Waals surface area contributed by atoms with E-state index in [1.807, 2.05) is 16.1 Å². The van der Waals surface area contributed by atoms with Gasteiger partial charge in [-0.25, -0.2) is 5.43 Å². The fourth-order valence-electron chi connectivity index (χ4n) is 1.84. The van der Waals surface area contributed by atoms with Crippen LogP contribution in [-0.4, -0.2) is 9.78 Å². The van der Waals surface area contributed by atoms with Crippen LogP contribution in [0.2, 0.25) is 10.0 Å². The molecular formula is C11H14Cl2N4S. The Balaban J connectivity index is 2.45. The highest BCUT2D eigenvalue weighted by Crippen LogP contribution is 2.35. The number of aryl methyl sites for hydroxylation is 1. The zero-order valence-corrected chi connectivity index (χ0v) is 12.2. The van der Waals surface area contributed by atoms with Crippen LogP contribution in [0.1, 0.15) is 30.0 Å². The quantitative estimate of drug-likeness (QED) is 0.659. The second kappa shape index (κ2) is 6.04. The molecule has 4 nitrogen and oxygen atoms in total. The Morgan fingerprint density at radius 2 is 2.28 bits per heavy atom. The maximum Gasteiger partial charge on any atom is 0.1000 e. The zero-order chi connectivity index (χ0) is 13.1. The topological polar surface area (TPSA) is 55.9 Å². The molecule has 2 aromatic heterocycles. The number of halogens is 2. The Morgan fingerprint density at radius 3 is 2.83 bits per heavy atom. The van der Waals surface area contributed by atoms with Gasteiger partial charge in [0.1, 0.15) is 0 Å². The van der Waals surface area contributed by atoms with E-state index in [1.54, 1.807) is 17.5 Å². The number of nitrogens with zero attached hydrogens (tertiary/aromatic N) is 2. The van der Waals surface area contributed by atoms with Crippen molar-refractivity contribution in [1.82, 2.24) is 15.2 Å². The summed E-state index contributed by atoms with van der Waals surface area (Å²) in [5.41, 5.74) is 3.62. The summed E-state index contributed by atoms with van der Waals surface area (Å²) in [6.45, 7) is 2.88. The molecule has 2 heterocycles. The van der Waals surface area contributed by atoms with Crippen LogP contribution in [0.5, 0.6) is 0 Å². The fourth-order valence-corrected chi connectivity index (χ4v) is 3.32. The van der Waals surface area contributed by atoms with E-state index in [0.717, 1.165) is 23.5 Å². The van der Waals surface area contributed by atoms with Crippen molar-refractivity contribution in [2.45, 2.75) is 25.9 Å². The van der Waals surface area contributed by atoms with E-state index in [0.29, 0.717) is 10.0 Å². The number of hydrazine groups is 1. The molecule has 0 aromatic carbocycles. The van der Waals surface area contributed by atoms with Gasteiger partial charge < -0.3 is 0 Å². The SMILES string of the molecule is CCCn1ncc(Cl)c1C(NN)c1sccc1Cl. The lowest BCUT2D eigenvalue weighted by atomic mass is 10.2. The highest BCUT2D eigenvalue weighted by molar-refractivity contribution is 7.10.